The van der Waals surface area contributed by atoms with E-state index < -0.39 is 6.04 Å². The number of benzene rings is 1. The molecule has 0 bridgehead atoms. The number of anilines is 1. The molecule has 1 aromatic carbocycles. The Balaban J connectivity index is 2.60. The molecule has 0 saturated carbocycles. The minimum atomic E-state index is -0.522. The molecule has 0 saturated heterocycles. The second kappa shape index (κ2) is 10.4. The van der Waals surface area contributed by atoms with E-state index in [1.807, 2.05) is 13.8 Å². The highest BCUT2D eigenvalue weighted by molar-refractivity contribution is 5.99. The number of carbonyl (C=O) groups is 2. The van der Waals surface area contributed by atoms with E-state index in [-0.39, 0.29) is 17.9 Å². The number of nitrogens with two attached hydrogens (primary N) is 1. The van der Waals surface area contributed by atoms with Gasteiger partial charge in [0.05, 0.1) is 13.2 Å². The van der Waals surface area contributed by atoms with Crippen LogP contribution >= 0.6 is 0 Å². The molecule has 0 fully saturated rings. The number of nitrogens with one attached hydrogen (secondary N) is 2. The molecular formula is C18H27N3O3. The van der Waals surface area contributed by atoms with E-state index in [9.17, 15) is 9.59 Å². The second-order valence-corrected chi connectivity index (χ2v) is 5.50. The fourth-order valence-electron chi connectivity index (χ4n) is 2.06. The molecule has 0 aliphatic rings. The van der Waals surface area contributed by atoms with E-state index in [0.29, 0.717) is 12.1 Å². The summed E-state index contributed by atoms with van der Waals surface area (Å²) in [4.78, 5) is 23.9. The Kier molecular flexibility index (Phi) is 8.57. The highest BCUT2D eigenvalue weighted by Crippen LogP contribution is 2.14. The zero-order valence-corrected chi connectivity index (χ0v) is 14.5. The number of hydrogen-bond donors (Lipinski definition) is 3. The van der Waals surface area contributed by atoms with E-state index in [1.165, 1.54) is 6.08 Å². The summed E-state index contributed by atoms with van der Waals surface area (Å²) in [6, 6.07) is 6.33. The van der Waals surface area contributed by atoms with Gasteiger partial charge >= 0.3 is 0 Å². The Bertz CT molecular complexity index is 555. The van der Waals surface area contributed by atoms with Gasteiger partial charge in [0, 0.05) is 17.8 Å². The fourth-order valence-corrected chi connectivity index (χ4v) is 2.06. The molecule has 4 N–H and O–H groups in total. The molecule has 2 atom stereocenters. The van der Waals surface area contributed by atoms with Crippen molar-refractivity contribution in [3.8, 4) is 5.75 Å². The number of hydrogen-bond acceptors (Lipinski definition) is 4. The van der Waals surface area contributed by atoms with Gasteiger partial charge in [-0.15, -0.1) is 0 Å². The topological polar surface area (TPSA) is 93.5 Å². The van der Waals surface area contributed by atoms with Gasteiger partial charge in [0.2, 0.25) is 11.8 Å². The van der Waals surface area contributed by atoms with Crippen molar-refractivity contribution < 1.29 is 14.3 Å². The van der Waals surface area contributed by atoms with Crippen molar-refractivity contribution in [3.63, 3.8) is 0 Å². The molecule has 6 heteroatoms. The van der Waals surface area contributed by atoms with E-state index in [0.717, 1.165) is 18.6 Å². The molecule has 0 unspecified atom stereocenters. The Morgan fingerprint density at radius 1 is 1.25 bits per heavy atom. The summed E-state index contributed by atoms with van der Waals surface area (Å²) >= 11 is 0. The van der Waals surface area contributed by atoms with Crippen LogP contribution in [0.4, 0.5) is 5.69 Å². The number of methoxy groups -OCH3 is 1. The van der Waals surface area contributed by atoms with Gasteiger partial charge in [-0.05, 0) is 37.1 Å². The Hall–Kier alpha value is -2.34. The van der Waals surface area contributed by atoms with Crippen LogP contribution in [0, 0.1) is 0 Å². The molecule has 6 nitrogen and oxygen atoms in total. The summed E-state index contributed by atoms with van der Waals surface area (Å²) < 4.78 is 5.07. The molecule has 0 aliphatic heterocycles. The maximum absolute atomic E-state index is 12.0. The van der Waals surface area contributed by atoms with E-state index in [2.05, 4.69) is 10.6 Å². The highest BCUT2D eigenvalue weighted by Gasteiger charge is 2.14. The van der Waals surface area contributed by atoms with Gasteiger partial charge in [-0.2, -0.15) is 0 Å². The number of ether oxygens (including phenoxy) is 1. The first-order valence-corrected chi connectivity index (χ1v) is 8.19. The maximum Gasteiger partial charge on any atom is 0.248 e. The van der Waals surface area contributed by atoms with Crippen LogP contribution in [-0.4, -0.2) is 31.0 Å². The largest absolute Gasteiger partial charge is 0.497 e. The molecule has 0 radical (unpaired) electrons. The summed E-state index contributed by atoms with van der Waals surface area (Å²) in [5, 5.41) is 5.61. The van der Waals surface area contributed by atoms with Gasteiger partial charge in [0.25, 0.3) is 0 Å². The summed E-state index contributed by atoms with van der Waals surface area (Å²) in [5.41, 5.74) is 6.39. The monoisotopic (exact) mass is 333 g/mol. The van der Waals surface area contributed by atoms with Crippen molar-refractivity contribution in [3.05, 3.63) is 36.4 Å². The van der Waals surface area contributed by atoms with Gasteiger partial charge in [-0.1, -0.05) is 26.3 Å². The van der Waals surface area contributed by atoms with Crippen LogP contribution in [0.1, 0.15) is 33.1 Å². The third-order valence-corrected chi connectivity index (χ3v) is 3.54. The van der Waals surface area contributed by atoms with Crippen molar-refractivity contribution in [2.24, 2.45) is 5.73 Å². The van der Waals surface area contributed by atoms with Crippen LogP contribution in [-0.2, 0) is 9.59 Å². The van der Waals surface area contributed by atoms with E-state index in [4.69, 9.17) is 10.5 Å². The lowest BCUT2D eigenvalue weighted by atomic mass is 10.1. The molecule has 1 rings (SSSR count). The third-order valence-electron chi connectivity index (χ3n) is 3.54. The third kappa shape index (κ3) is 6.83. The average Bonchev–Trinajstić information content (AvgIpc) is 2.59. The molecule has 0 aliphatic carbocycles. The van der Waals surface area contributed by atoms with Gasteiger partial charge in [-0.3, -0.25) is 9.59 Å². The molecule has 24 heavy (non-hydrogen) atoms. The molecule has 0 spiro atoms. The highest BCUT2D eigenvalue weighted by atomic mass is 16.5. The summed E-state index contributed by atoms with van der Waals surface area (Å²) in [6.45, 7) is 3.88. The zero-order chi connectivity index (χ0) is 17.9. The molecular weight excluding hydrogens is 306 g/mol. The van der Waals surface area contributed by atoms with E-state index in [1.54, 1.807) is 37.5 Å². The predicted molar refractivity (Wildman–Crippen MR) is 95.9 cm³/mol. The van der Waals surface area contributed by atoms with Crippen LogP contribution in [0.25, 0.3) is 0 Å². The van der Waals surface area contributed by atoms with Crippen molar-refractivity contribution in [1.29, 1.82) is 0 Å². The fraction of sp³-hybridized carbons (Fsp3) is 0.444. The number of carbonyl (C=O) groups excluding carboxylic acids is 2. The standard InChI is InChI=1S/C18H27N3O3/c1-4-6-13(21-18(23)16(19)5-2)9-12-17(22)20-14-7-10-15(24-3)11-8-14/h7-13,16H,4-6,19H2,1-3H3,(H,20,22)(H,21,23)/b12-9+/t13-,16-/m0/s1. The summed E-state index contributed by atoms with van der Waals surface area (Å²) in [7, 11) is 1.59. The van der Waals surface area contributed by atoms with Crippen LogP contribution < -0.4 is 21.1 Å². The molecule has 2 amide bonds. The summed E-state index contributed by atoms with van der Waals surface area (Å²) in [6.07, 6.45) is 5.34. The average molecular weight is 333 g/mol. The quantitative estimate of drug-likeness (QED) is 0.604. The maximum atomic E-state index is 12.0. The minimum Gasteiger partial charge on any atom is -0.497 e. The number of rotatable bonds is 9. The van der Waals surface area contributed by atoms with Gasteiger partial charge in [0.1, 0.15) is 5.75 Å². The minimum absolute atomic E-state index is 0.198. The first kappa shape index (κ1) is 19.7. The Morgan fingerprint density at radius 2 is 1.92 bits per heavy atom. The van der Waals surface area contributed by atoms with Crippen LogP contribution in [0.15, 0.2) is 36.4 Å². The molecule has 0 heterocycles. The first-order chi connectivity index (χ1) is 11.5. The SMILES string of the molecule is CCC[C@@H](/C=C/C(=O)Nc1ccc(OC)cc1)NC(=O)[C@@H](N)CC. The smallest absolute Gasteiger partial charge is 0.248 e. The second-order valence-electron chi connectivity index (χ2n) is 5.50. The molecule has 132 valence electrons. The van der Waals surface area contributed by atoms with Crippen molar-refractivity contribution in [2.45, 2.75) is 45.2 Å². The van der Waals surface area contributed by atoms with Crippen LogP contribution in [0.3, 0.4) is 0 Å². The van der Waals surface area contributed by atoms with Crippen molar-refractivity contribution >= 4 is 17.5 Å². The zero-order valence-electron chi connectivity index (χ0n) is 14.5. The van der Waals surface area contributed by atoms with Crippen molar-refractivity contribution in [1.82, 2.24) is 5.32 Å². The predicted octanol–water partition coefficient (Wildman–Crippen LogP) is 2.21. The lowest BCUT2D eigenvalue weighted by Crippen LogP contribution is -2.44. The molecule has 1 aromatic rings. The Labute approximate surface area is 143 Å². The van der Waals surface area contributed by atoms with Gasteiger partial charge < -0.3 is 21.1 Å². The number of amides is 2. The summed E-state index contributed by atoms with van der Waals surface area (Å²) in [5.74, 6) is 0.271. The van der Waals surface area contributed by atoms with E-state index >= 15 is 0 Å². The first-order valence-electron chi connectivity index (χ1n) is 8.19. The molecule has 0 aromatic heterocycles. The van der Waals surface area contributed by atoms with Gasteiger partial charge in [-0.25, -0.2) is 0 Å². The Morgan fingerprint density at radius 3 is 2.46 bits per heavy atom. The van der Waals surface area contributed by atoms with Crippen LogP contribution in [0.5, 0.6) is 5.75 Å². The lowest BCUT2D eigenvalue weighted by Gasteiger charge is -2.17. The van der Waals surface area contributed by atoms with Gasteiger partial charge in [0.15, 0.2) is 0 Å². The van der Waals surface area contributed by atoms with Crippen molar-refractivity contribution in [2.75, 3.05) is 12.4 Å². The van der Waals surface area contributed by atoms with Crippen LogP contribution in [0.2, 0.25) is 0 Å². The lowest BCUT2D eigenvalue weighted by molar-refractivity contribution is -0.123. The normalized spacial score (nSPS) is 13.3.